The predicted molar refractivity (Wildman–Crippen MR) is 82.6 cm³/mol. The minimum atomic E-state index is -0.934. The van der Waals surface area contributed by atoms with Crippen LogP contribution in [0.3, 0.4) is 0 Å². The lowest BCUT2D eigenvalue weighted by Gasteiger charge is -2.33. The number of thiocarbonyl (C=S) groups is 1. The fourth-order valence-corrected chi connectivity index (χ4v) is 2.38. The molecule has 2 rings (SSSR count). The first kappa shape index (κ1) is 15.2. The fourth-order valence-electron chi connectivity index (χ4n) is 1.98. The van der Waals surface area contributed by atoms with Crippen molar-refractivity contribution < 1.29 is 9.59 Å². The molecule has 1 atom stereocenters. The number of nitrogens with one attached hydrogen (secondary N) is 1. The second-order valence-electron chi connectivity index (χ2n) is 4.93. The van der Waals surface area contributed by atoms with E-state index in [0.29, 0.717) is 6.54 Å². The summed E-state index contributed by atoms with van der Waals surface area (Å²) in [6.07, 6.45) is 4.74. The zero-order chi connectivity index (χ0) is 15.4. The second-order valence-corrected chi connectivity index (χ2v) is 5.31. The number of rotatable bonds is 4. The normalized spacial score (nSPS) is 19.5. The van der Waals surface area contributed by atoms with E-state index in [-0.39, 0.29) is 17.1 Å². The van der Waals surface area contributed by atoms with Crippen molar-refractivity contribution in [1.82, 2.24) is 15.2 Å². The molecule has 0 unspecified atom stereocenters. The number of carbonyl (C=O) groups excluding carboxylic acids is 2. The molecular formula is C14H16N4O2S. The van der Waals surface area contributed by atoms with Crippen LogP contribution in [0.2, 0.25) is 0 Å². The first-order valence-electron chi connectivity index (χ1n) is 6.57. The van der Waals surface area contributed by atoms with Crippen LogP contribution >= 0.6 is 12.2 Å². The van der Waals surface area contributed by atoms with Gasteiger partial charge >= 0.3 is 0 Å². The van der Waals surface area contributed by atoms with Gasteiger partial charge in [-0.05, 0) is 37.7 Å². The molecular weight excluding hydrogens is 288 g/mol. The van der Waals surface area contributed by atoms with Crippen LogP contribution in [0, 0.1) is 5.92 Å². The highest BCUT2D eigenvalue weighted by atomic mass is 32.1. The van der Waals surface area contributed by atoms with Crippen molar-refractivity contribution in [3.63, 3.8) is 0 Å². The predicted octanol–water partition coefficient (Wildman–Crippen LogP) is 0.920. The monoisotopic (exact) mass is 304 g/mol. The van der Waals surface area contributed by atoms with E-state index in [9.17, 15) is 9.59 Å². The molecule has 1 aromatic rings. The van der Waals surface area contributed by atoms with Crippen LogP contribution < -0.4 is 5.32 Å². The molecule has 2 amide bonds. The van der Waals surface area contributed by atoms with E-state index < -0.39 is 11.8 Å². The highest BCUT2D eigenvalue weighted by Gasteiger charge is 2.38. The molecule has 1 aliphatic heterocycles. The minimum Gasteiger partial charge on any atom is -0.302 e. The lowest BCUT2D eigenvalue weighted by molar-refractivity contribution is -0.138. The van der Waals surface area contributed by atoms with Gasteiger partial charge in [0, 0.05) is 24.7 Å². The Bertz CT molecular complexity index is 586. The molecule has 0 aromatic carbocycles. The van der Waals surface area contributed by atoms with Crippen LogP contribution in [-0.2, 0) is 16.1 Å². The van der Waals surface area contributed by atoms with E-state index in [2.05, 4.69) is 15.3 Å². The second kappa shape index (κ2) is 6.53. The van der Waals surface area contributed by atoms with Crippen molar-refractivity contribution in [1.29, 1.82) is 0 Å². The summed E-state index contributed by atoms with van der Waals surface area (Å²) in [6, 6.07) is 3.57. The van der Waals surface area contributed by atoms with Crippen molar-refractivity contribution in [3.05, 3.63) is 30.1 Å². The van der Waals surface area contributed by atoms with Crippen LogP contribution in [0.15, 0.2) is 29.5 Å². The number of aromatic nitrogens is 1. The van der Waals surface area contributed by atoms with Gasteiger partial charge in [0.1, 0.15) is 0 Å². The van der Waals surface area contributed by atoms with Crippen molar-refractivity contribution >= 4 is 35.4 Å². The van der Waals surface area contributed by atoms with E-state index in [4.69, 9.17) is 12.2 Å². The number of hydrogen-bond donors (Lipinski definition) is 1. The number of amides is 2. The van der Waals surface area contributed by atoms with Gasteiger partial charge < -0.3 is 5.32 Å². The number of nitrogens with zero attached hydrogens (tertiary/aromatic N) is 3. The summed E-state index contributed by atoms with van der Waals surface area (Å²) < 4.78 is 0. The van der Waals surface area contributed by atoms with Crippen molar-refractivity contribution in [2.24, 2.45) is 10.9 Å². The Morgan fingerprint density at radius 3 is 2.90 bits per heavy atom. The van der Waals surface area contributed by atoms with Crippen LogP contribution in [-0.4, -0.2) is 39.1 Å². The Morgan fingerprint density at radius 1 is 1.52 bits per heavy atom. The number of aliphatic imine (C=N–C) groups is 1. The maximum atomic E-state index is 12.3. The molecule has 0 aliphatic carbocycles. The van der Waals surface area contributed by atoms with Crippen LogP contribution in [0.25, 0.3) is 0 Å². The molecule has 6 nitrogen and oxygen atoms in total. The SMILES string of the molecule is CC(C)N1C(=O)[C@@H](C=NCc2cccnc2)C(=O)NC1=S. The van der Waals surface area contributed by atoms with Crippen LogP contribution in [0.1, 0.15) is 19.4 Å². The maximum absolute atomic E-state index is 12.3. The molecule has 21 heavy (non-hydrogen) atoms. The third kappa shape index (κ3) is 3.49. The molecule has 1 saturated heterocycles. The molecule has 7 heteroatoms. The van der Waals surface area contributed by atoms with Crippen molar-refractivity contribution in [2.45, 2.75) is 26.4 Å². The van der Waals surface area contributed by atoms with E-state index in [1.54, 1.807) is 12.4 Å². The highest BCUT2D eigenvalue weighted by molar-refractivity contribution is 7.80. The molecule has 1 fully saturated rings. The number of pyridine rings is 1. The van der Waals surface area contributed by atoms with Gasteiger partial charge in [-0.3, -0.25) is 24.5 Å². The molecule has 0 bridgehead atoms. The molecule has 0 spiro atoms. The Hall–Kier alpha value is -2.15. The van der Waals surface area contributed by atoms with Crippen molar-refractivity contribution in [3.8, 4) is 0 Å². The molecule has 1 N–H and O–H groups in total. The third-order valence-corrected chi connectivity index (χ3v) is 3.30. The average molecular weight is 304 g/mol. The highest BCUT2D eigenvalue weighted by Crippen LogP contribution is 2.13. The maximum Gasteiger partial charge on any atom is 0.247 e. The molecule has 1 aliphatic rings. The molecule has 110 valence electrons. The van der Waals surface area contributed by atoms with E-state index in [1.165, 1.54) is 11.1 Å². The Labute approximate surface area is 128 Å². The smallest absolute Gasteiger partial charge is 0.247 e. The lowest BCUT2D eigenvalue weighted by Crippen LogP contribution is -2.60. The van der Waals surface area contributed by atoms with Gasteiger partial charge in [0.05, 0.1) is 6.54 Å². The largest absolute Gasteiger partial charge is 0.302 e. The summed E-state index contributed by atoms with van der Waals surface area (Å²) in [7, 11) is 0. The Morgan fingerprint density at radius 2 is 2.29 bits per heavy atom. The molecule has 0 saturated carbocycles. The van der Waals surface area contributed by atoms with Gasteiger partial charge in [0.25, 0.3) is 0 Å². The fraction of sp³-hybridized carbons (Fsp3) is 0.357. The van der Waals surface area contributed by atoms with E-state index in [1.807, 2.05) is 26.0 Å². The standard InChI is InChI=1S/C14H16N4O2S/c1-9(2)18-13(20)11(12(19)17-14(18)21)8-16-7-10-4-3-5-15-6-10/h3-6,8-9,11H,7H2,1-2H3,(H,17,19,21)/t11-/m0/s1. The Kier molecular flexibility index (Phi) is 4.74. The Balaban J connectivity index is 2.09. The molecule has 2 heterocycles. The first-order valence-corrected chi connectivity index (χ1v) is 6.98. The van der Waals surface area contributed by atoms with Gasteiger partial charge in [-0.2, -0.15) is 0 Å². The van der Waals surface area contributed by atoms with E-state index >= 15 is 0 Å². The van der Waals surface area contributed by atoms with Gasteiger partial charge in [-0.25, -0.2) is 0 Å². The third-order valence-electron chi connectivity index (χ3n) is 3.00. The number of hydrogen-bond acceptors (Lipinski definition) is 5. The summed E-state index contributed by atoms with van der Waals surface area (Å²) in [5, 5.41) is 2.68. The topological polar surface area (TPSA) is 74.7 Å². The summed E-state index contributed by atoms with van der Waals surface area (Å²) in [5.74, 6) is -1.71. The van der Waals surface area contributed by atoms with Gasteiger partial charge in [0.15, 0.2) is 11.0 Å². The zero-order valence-electron chi connectivity index (χ0n) is 11.8. The molecule has 1 aromatic heterocycles. The minimum absolute atomic E-state index is 0.111. The summed E-state index contributed by atoms with van der Waals surface area (Å²) >= 11 is 5.02. The van der Waals surface area contributed by atoms with E-state index in [0.717, 1.165) is 5.56 Å². The summed E-state index contributed by atoms with van der Waals surface area (Å²) in [5.41, 5.74) is 0.911. The van der Waals surface area contributed by atoms with Gasteiger partial charge in [-0.1, -0.05) is 6.07 Å². The molecule has 0 radical (unpaired) electrons. The van der Waals surface area contributed by atoms with Crippen LogP contribution in [0.5, 0.6) is 0 Å². The van der Waals surface area contributed by atoms with Gasteiger partial charge in [-0.15, -0.1) is 0 Å². The van der Waals surface area contributed by atoms with Crippen LogP contribution in [0.4, 0.5) is 0 Å². The number of carbonyl (C=O) groups is 2. The van der Waals surface area contributed by atoms with Crippen molar-refractivity contribution in [2.75, 3.05) is 0 Å². The zero-order valence-corrected chi connectivity index (χ0v) is 12.6. The average Bonchev–Trinajstić information content (AvgIpc) is 2.42. The quantitative estimate of drug-likeness (QED) is 0.510. The first-order chi connectivity index (χ1) is 10.0. The van der Waals surface area contributed by atoms with Gasteiger partial charge in [0.2, 0.25) is 11.8 Å². The summed E-state index contributed by atoms with van der Waals surface area (Å²) in [4.78, 5) is 33.7. The summed E-state index contributed by atoms with van der Waals surface area (Å²) in [6.45, 7) is 4.05. The lowest BCUT2D eigenvalue weighted by atomic mass is 10.1.